The Morgan fingerprint density at radius 3 is 2.84 bits per heavy atom. The van der Waals surface area contributed by atoms with E-state index in [9.17, 15) is 4.79 Å². The fraction of sp³-hybridized carbons (Fsp3) is 0.263. The van der Waals surface area contributed by atoms with Crippen molar-refractivity contribution in [3.8, 4) is 0 Å². The molecule has 6 heteroatoms. The molecule has 3 aromatic rings. The second kappa shape index (κ2) is 6.47. The zero-order chi connectivity index (χ0) is 17.2. The maximum atomic E-state index is 11.4. The van der Waals surface area contributed by atoms with E-state index in [4.69, 9.17) is 0 Å². The molecule has 1 atom stereocenters. The van der Waals surface area contributed by atoms with Crippen LogP contribution < -0.4 is 4.90 Å². The average molecular weight is 333 g/mol. The molecule has 0 bridgehead atoms. The van der Waals surface area contributed by atoms with Crippen LogP contribution in [0.2, 0.25) is 0 Å². The van der Waals surface area contributed by atoms with Crippen molar-refractivity contribution in [1.82, 2.24) is 20.1 Å². The second-order valence-corrected chi connectivity index (χ2v) is 6.26. The molecule has 0 aliphatic carbocycles. The van der Waals surface area contributed by atoms with Gasteiger partial charge in [-0.05, 0) is 25.1 Å². The van der Waals surface area contributed by atoms with E-state index >= 15 is 0 Å². The van der Waals surface area contributed by atoms with Gasteiger partial charge in [0.05, 0.1) is 17.8 Å². The molecule has 1 unspecified atom stereocenters. The van der Waals surface area contributed by atoms with Gasteiger partial charge in [-0.1, -0.05) is 24.3 Å². The molecule has 1 amide bonds. The molecule has 1 aromatic carbocycles. The Kier molecular flexibility index (Phi) is 4.01. The Balaban J connectivity index is 1.82. The molecule has 1 aliphatic rings. The molecule has 1 saturated heterocycles. The number of hydrogen-bond donors (Lipinski definition) is 0. The van der Waals surface area contributed by atoms with Crippen LogP contribution in [0.1, 0.15) is 17.3 Å². The molecule has 6 nitrogen and oxygen atoms in total. The monoisotopic (exact) mass is 333 g/mol. The molecule has 25 heavy (non-hydrogen) atoms. The Labute approximate surface area is 146 Å². The van der Waals surface area contributed by atoms with Gasteiger partial charge in [0, 0.05) is 36.3 Å². The lowest BCUT2D eigenvalue weighted by atomic mass is 10.00. The summed E-state index contributed by atoms with van der Waals surface area (Å²) in [5.74, 6) is 0.927. The number of carbonyl (C=O) groups excluding carboxylic acids is 1. The van der Waals surface area contributed by atoms with E-state index in [0.717, 1.165) is 40.9 Å². The molecule has 0 saturated carbocycles. The van der Waals surface area contributed by atoms with Crippen LogP contribution in [0.5, 0.6) is 0 Å². The smallest absolute Gasteiger partial charge is 0.209 e. The lowest BCUT2D eigenvalue weighted by Crippen LogP contribution is -2.48. The highest BCUT2D eigenvalue weighted by atomic mass is 16.1. The maximum Gasteiger partial charge on any atom is 0.209 e. The predicted molar refractivity (Wildman–Crippen MR) is 96.2 cm³/mol. The van der Waals surface area contributed by atoms with Crippen molar-refractivity contribution >= 4 is 23.1 Å². The SMILES string of the molecule is Cc1cccc(N2CCN(C=O)CC2c2cnnc3ccccc23)n1. The van der Waals surface area contributed by atoms with Gasteiger partial charge < -0.3 is 9.80 Å². The van der Waals surface area contributed by atoms with Crippen LogP contribution in [0, 0.1) is 6.92 Å². The fourth-order valence-electron chi connectivity index (χ4n) is 3.42. The Hall–Kier alpha value is -3.02. The second-order valence-electron chi connectivity index (χ2n) is 6.26. The minimum absolute atomic E-state index is 0.00588. The molecule has 0 radical (unpaired) electrons. The van der Waals surface area contributed by atoms with Crippen molar-refractivity contribution in [1.29, 1.82) is 0 Å². The summed E-state index contributed by atoms with van der Waals surface area (Å²) in [5.41, 5.74) is 2.91. The van der Waals surface area contributed by atoms with Gasteiger partial charge >= 0.3 is 0 Å². The summed E-state index contributed by atoms with van der Waals surface area (Å²) in [6, 6.07) is 14.0. The van der Waals surface area contributed by atoms with Crippen LogP contribution in [0.25, 0.3) is 10.9 Å². The third-order valence-electron chi connectivity index (χ3n) is 4.67. The lowest BCUT2D eigenvalue weighted by Gasteiger charge is -2.41. The van der Waals surface area contributed by atoms with Crippen molar-refractivity contribution in [3.05, 3.63) is 59.9 Å². The summed E-state index contributed by atoms with van der Waals surface area (Å²) in [5, 5.41) is 9.46. The molecule has 0 N–H and O–H groups in total. The number of carbonyl (C=O) groups is 1. The van der Waals surface area contributed by atoms with Gasteiger partial charge in [0.25, 0.3) is 0 Å². The quantitative estimate of drug-likeness (QED) is 0.689. The lowest BCUT2D eigenvalue weighted by molar-refractivity contribution is -0.118. The Morgan fingerprint density at radius 2 is 2.00 bits per heavy atom. The Bertz CT molecular complexity index is 908. The molecule has 126 valence electrons. The number of nitrogens with zero attached hydrogens (tertiary/aromatic N) is 5. The number of rotatable bonds is 3. The molecule has 2 aromatic heterocycles. The first kappa shape index (κ1) is 15.5. The number of aryl methyl sites for hydroxylation is 1. The van der Waals surface area contributed by atoms with E-state index in [1.165, 1.54) is 0 Å². The third kappa shape index (κ3) is 2.91. The standard InChI is InChI=1S/C19H19N5O/c1-14-5-4-8-19(21-14)24-10-9-23(13-25)12-18(24)16-11-20-22-17-7-3-2-6-15(16)17/h2-8,11,13,18H,9-10,12H2,1H3. The number of amides is 1. The van der Waals surface area contributed by atoms with Crippen LogP contribution in [-0.4, -0.2) is 46.1 Å². The van der Waals surface area contributed by atoms with Gasteiger partial charge in [0.15, 0.2) is 0 Å². The summed E-state index contributed by atoms with van der Waals surface area (Å²) >= 11 is 0. The largest absolute Gasteiger partial charge is 0.346 e. The van der Waals surface area contributed by atoms with Crippen LogP contribution in [-0.2, 0) is 4.79 Å². The molecule has 1 fully saturated rings. The minimum Gasteiger partial charge on any atom is -0.346 e. The molecular formula is C19H19N5O. The topological polar surface area (TPSA) is 62.2 Å². The predicted octanol–water partition coefficient (Wildman–Crippen LogP) is 2.35. The van der Waals surface area contributed by atoms with Gasteiger partial charge in [0.1, 0.15) is 5.82 Å². The Morgan fingerprint density at radius 1 is 1.12 bits per heavy atom. The number of aromatic nitrogens is 3. The number of hydrogen-bond acceptors (Lipinski definition) is 5. The average Bonchev–Trinajstić information content (AvgIpc) is 2.67. The first-order valence-corrected chi connectivity index (χ1v) is 8.36. The van der Waals surface area contributed by atoms with Gasteiger partial charge in [-0.25, -0.2) is 4.98 Å². The van der Waals surface area contributed by atoms with Gasteiger partial charge in [-0.2, -0.15) is 10.2 Å². The summed E-state index contributed by atoms with van der Waals surface area (Å²) in [7, 11) is 0. The maximum absolute atomic E-state index is 11.4. The zero-order valence-corrected chi connectivity index (χ0v) is 14.0. The number of anilines is 1. The van der Waals surface area contributed by atoms with E-state index < -0.39 is 0 Å². The van der Waals surface area contributed by atoms with Crippen molar-refractivity contribution in [2.75, 3.05) is 24.5 Å². The van der Waals surface area contributed by atoms with Crippen LogP contribution in [0.15, 0.2) is 48.7 Å². The summed E-state index contributed by atoms with van der Waals surface area (Å²) < 4.78 is 0. The number of pyridine rings is 1. The minimum atomic E-state index is -0.00588. The van der Waals surface area contributed by atoms with Gasteiger partial charge in [-0.15, -0.1) is 0 Å². The normalized spacial score (nSPS) is 17.7. The summed E-state index contributed by atoms with van der Waals surface area (Å²) in [6.07, 6.45) is 2.73. The van der Waals surface area contributed by atoms with E-state index in [0.29, 0.717) is 13.1 Å². The zero-order valence-electron chi connectivity index (χ0n) is 14.0. The summed E-state index contributed by atoms with van der Waals surface area (Å²) in [6.45, 7) is 4.01. The first-order valence-electron chi connectivity index (χ1n) is 8.36. The van der Waals surface area contributed by atoms with Gasteiger partial charge in [-0.3, -0.25) is 4.79 Å². The van der Waals surface area contributed by atoms with E-state index in [-0.39, 0.29) is 6.04 Å². The van der Waals surface area contributed by atoms with Gasteiger partial charge in [0.2, 0.25) is 6.41 Å². The molecule has 4 rings (SSSR count). The van der Waals surface area contributed by atoms with E-state index in [1.807, 2.05) is 54.4 Å². The van der Waals surface area contributed by atoms with Crippen molar-refractivity contribution < 1.29 is 4.79 Å². The van der Waals surface area contributed by atoms with E-state index in [1.54, 1.807) is 0 Å². The van der Waals surface area contributed by atoms with Crippen molar-refractivity contribution in [2.24, 2.45) is 0 Å². The number of benzene rings is 1. The first-order chi connectivity index (χ1) is 12.3. The molecule has 3 heterocycles. The highest BCUT2D eigenvalue weighted by Crippen LogP contribution is 2.32. The van der Waals surface area contributed by atoms with Crippen LogP contribution >= 0.6 is 0 Å². The fourth-order valence-corrected chi connectivity index (χ4v) is 3.42. The van der Waals surface area contributed by atoms with E-state index in [2.05, 4.69) is 26.1 Å². The van der Waals surface area contributed by atoms with Crippen molar-refractivity contribution in [3.63, 3.8) is 0 Å². The number of fused-ring (bicyclic) bond motifs is 1. The molecular weight excluding hydrogens is 314 g/mol. The summed E-state index contributed by atoms with van der Waals surface area (Å²) in [4.78, 5) is 20.1. The molecule has 0 spiro atoms. The van der Waals surface area contributed by atoms with Crippen molar-refractivity contribution in [2.45, 2.75) is 13.0 Å². The highest BCUT2D eigenvalue weighted by Gasteiger charge is 2.30. The van der Waals surface area contributed by atoms with Crippen LogP contribution in [0.4, 0.5) is 5.82 Å². The number of piperazine rings is 1. The third-order valence-corrected chi connectivity index (χ3v) is 4.67. The molecule has 1 aliphatic heterocycles. The highest BCUT2D eigenvalue weighted by molar-refractivity contribution is 5.82. The van der Waals surface area contributed by atoms with Crippen LogP contribution in [0.3, 0.4) is 0 Å².